The van der Waals surface area contributed by atoms with Gasteiger partial charge in [0.05, 0.1) is 16.5 Å². The molecule has 3 N–H and O–H groups in total. The van der Waals surface area contributed by atoms with Crippen molar-refractivity contribution in [2.45, 2.75) is 12.1 Å². The van der Waals surface area contributed by atoms with Gasteiger partial charge in [0.1, 0.15) is 0 Å². The van der Waals surface area contributed by atoms with E-state index >= 15 is 0 Å². The van der Waals surface area contributed by atoms with Crippen molar-refractivity contribution < 1.29 is 4.79 Å². The minimum atomic E-state index is -0.201. The summed E-state index contributed by atoms with van der Waals surface area (Å²) in [6.45, 7) is 1.86. The summed E-state index contributed by atoms with van der Waals surface area (Å²) in [5, 5.41) is 14.5. The van der Waals surface area contributed by atoms with E-state index in [1.165, 1.54) is 27.8 Å². The van der Waals surface area contributed by atoms with E-state index in [1.807, 2.05) is 12.3 Å². The number of benzene rings is 1. The minimum Gasteiger partial charge on any atom is -0.335 e. The van der Waals surface area contributed by atoms with Crippen LogP contribution in [0.5, 0.6) is 0 Å². The van der Waals surface area contributed by atoms with E-state index in [9.17, 15) is 4.79 Å². The van der Waals surface area contributed by atoms with Gasteiger partial charge in [-0.05, 0) is 25.1 Å². The van der Waals surface area contributed by atoms with Crippen molar-refractivity contribution in [2.75, 3.05) is 16.9 Å². The third kappa shape index (κ3) is 4.24. The molecule has 0 unspecified atom stereocenters. The number of halogens is 2. The van der Waals surface area contributed by atoms with Gasteiger partial charge < -0.3 is 11.2 Å². The summed E-state index contributed by atoms with van der Waals surface area (Å²) >= 11 is 14.6. The number of nitrogens with one attached hydrogen (secondary N) is 1. The average molecular weight is 415 g/mol. The third-order valence-electron chi connectivity index (χ3n) is 3.03. The summed E-state index contributed by atoms with van der Waals surface area (Å²) in [6.07, 6.45) is 0. The maximum Gasteiger partial charge on any atom is 0.236 e. The van der Waals surface area contributed by atoms with Crippen LogP contribution in [0.25, 0.3) is 11.4 Å². The Morgan fingerprint density at radius 2 is 2.20 bits per heavy atom. The van der Waals surface area contributed by atoms with E-state index in [0.717, 1.165) is 5.69 Å². The predicted molar refractivity (Wildman–Crippen MR) is 102 cm³/mol. The van der Waals surface area contributed by atoms with Crippen molar-refractivity contribution in [2.24, 2.45) is 0 Å². The van der Waals surface area contributed by atoms with E-state index in [0.29, 0.717) is 31.7 Å². The van der Waals surface area contributed by atoms with E-state index in [-0.39, 0.29) is 11.7 Å². The molecule has 0 aliphatic rings. The summed E-state index contributed by atoms with van der Waals surface area (Å²) in [5.41, 5.74) is 1.47. The maximum atomic E-state index is 12.0. The van der Waals surface area contributed by atoms with Crippen molar-refractivity contribution >= 4 is 57.3 Å². The summed E-state index contributed by atoms with van der Waals surface area (Å²) in [5.74, 6) is 6.34. The van der Waals surface area contributed by atoms with Crippen LogP contribution in [0.4, 0.5) is 5.13 Å². The first-order valence-corrected chi connectivity index (χ1v) is 9.57. The van der Waals surface area contributed by atoms with Gasteiger partial charge in [-0.15, -0.1) is 21.5 Å². The molecular weight excluding hydrogens is 403 g/mol. The normalized spacial score (nSPS) is 10.8. The van der Waals surface area contributed by atoms with Crippen LogP contribution in [-0.4, -0.2) is 31.5 Å². The second-order valence-electron chi connectivity index (χ2n) is 4.93. The molecule has 2 heterocycles. The standard InChI is InChI=1S/C14H12Cl2N6OS2/c1-7-5-24-13(18-7)19-11(23)6-25-14-21-20-12(22(14)17)9-3-2-8(15)4-10(9)16/h2-5H,6,17H2,1H3,(H,18,19,23). The fraction of sp³-hybridized carbons (Fsp3) is 0.143. The monoisotopic (exact) mass is 414 g/mol. The van der Waals surface area contributed by atoms with E-state index in [1.54, 1.807) is 18.2 Å². The molecule has 130 valence electrons. The average Bonchev–Trinajstić information content (AvgIpc) is 3.12. The molecule has 0 aliphatic heterocycles. The molecular formula is C14H12Cl2N6OS2. The molecule has 1 amide bonds. The maximum absolute atomic E-state index is 12.0. The fourth-order valence-electron chi connectivity index (χ4n) is 1.93. The second-order valence-corrected chi connectivity index (χ2v) is 7.58. The van der Waals surface area contributed by atoms with Gasteiger partial charge in [-0.3, -0.25) is 4.79 Å². The first-order valence-electron chi connectivity index (χ1n) is 6.94. The van der Waals surface area contributed by atoms with Gasteiger partial charge in [0, 0.05) is 16.0 Å². The van der Waals surface area contributed by atoms with Crippen LogP contribution in [0.15, 0.2) is 28.7 Å². The van der Waals surface area contributed by atoms with E-state index < -0.39 is 0 Å². The largest absolute Gasteiger partial charge is 0.335 e. The summed E-state index contributed by atoms with van der Waals surface area (Å²) < 4.78 is 1.29. The van der Waals surface area contributed by atoms with Crippen LogP contribution in [0.3, 0.4) is 0 Å². The molecule has 0 atom stereocenters. The molecule has 1 aromatic carbocycles. The van der Waals surface area contributed by atoms with Crippen LogP contribution >= 0.6 is 46.3 Å². The lowest BCUT2D eigenvalue weighted by Gasteiger charge is -2.05. The van der Waals surface area contributed by atoms with Crippen LogP contribution in [0, 0.1) is 6.92 Å². The van der Waals surface area contributed by atoms with Crippen LogP contribution in [0.2, 0.25) is 10.0 Å². The minimum absolute atomic E-state index is 0.127. The first kappa shape index (κ1) is 18.0. The molecule has 0 fully saturated rings. The highest BCUT2D eigenvalue weighted by molar-refractivity contribution is 7.99. The lowest BCUT2D eigenvalue weighted by Crippen LogP contribution is -2.16. The highest BCUT2D eigenvalue weighted by atomic mass is 35.5. The van der Waals surface area contributed by atoms with E-state index in [4.69, 9.17) is 29.0 Å². The Labute approximate surface area is 161 Å². The molecule has 3 aromatic rings. The van der Waals surface area contributed by atoms with E-state index in [2.05, 4.69) is 20.5 Å². The smallest absolute Gasteiger partial charge is 0.236 e. The van der Waals surface area contributed by atoms with Gasteiger partial charge >= 0.3 is 0 Å². The SMILES string of the molecule is Cc1csc(NC(=O)CSc2nnc(-c3ccc(Cl)cc3Cl)n2N)n1. The fourth-order valence-corrected chi connectivity index (χ4v) is 3.78. The number of nitrogens with two attached hydrogens (primary N) is 1. The van der Waals surface area contributed by atoms with Gasteiger partial charge in [0.2, 0.25) is 11.1 Å². The number of amides is 1. The quantitative estimate of drug-likeness (QED) is 0.489. The molecule has 0 saturated heterocycles. The number of thioether (sulfide) groups is 1. The number of hydrogen-bond donors (Lipinski definition) is 2. The number of carbonyl (C=O) groups excluding carboxylic acids is 1. The molecule has 0 spiro atoms. The molecule has 2 aromatic heterocycles. The van der Waals surface area contributed by atoms with Crippen LogP contribution in [0.1, 0.15) is 5.69 Å². The molecule has 25 heavy (non-hydrogen) atoms. The zero-order valence-electron chi connectivity index (χ0n) is 12.9. The zero-order valence-corrected chi connectivity index (χ0v) is 16.0. The van der Waals surface area contributed by atoms with Gasteiger partial charge in [-0.25, -0.2) is 9.66 Å². The lowest BCUT2D eigenvalue weighted by atomic mass is 10.2. The molecule has 0 radical (unpaired) electrons. The Kier molecular flexibility index (Phi) is 5.48. The number of aromatic nitrogens is 4. The Morgan fingerprint density at radius 3 is 2.88 bits per heavy atom. The lowest BCUT2D eigenvalue weighted by molar-refractivity contribution is -0.113. The van der Waals surface area contributed by atoms with Crippen molar-refractivity contribution in [1.82, 2.24) is 19.9 Å². The molecule has 0 bridgehead atoms. The topological polar surface area (TPSA) is 98.7 Å². The third-order valence-corrected chi connectivity index (χ3v) is 5.40. The van der Waals surface area contributed by atoms with Crippen molar-refractivity contribution in [1.29, 1.82) is 0 Å². The van der Waals surface area contributed by atoms with Gasteiger partial charge in [-0.1, -0.05) is 35.0 Å². The second kappa shape index (κ2) is 7.61. The Hall–Kier alpha value is -1.81. The van der Waals surface area contributed by atoms with Crippen LogP contribution < -0.4 is 11.2 Å². The zero-order chi connectivity index (χ0) is 18.0. The number of thiazole rings is 1. The summed E-state index contributed by atoms with van der Waals surface area (Å²) in [6, 6.07) is 5.00. The first-order chi connectivity index (χ1) is 11.9. The number of rotatable bonds is 5. The molecule has 11 heteroatoms. The van der Waals surface area contributed by atoms with Crippen LogP contribution in [-0.2, 0) is 4.79 Å². The summed E-state index contributed by atoms with van der Waals surface area (Å²) in [7, 11) is 0. The predicted octanol–water partition coefficient (Wildman–Crippen LogP) is 3.46. The Balaban J connectivity index is 1.68. The van der Waals surface area contributed by atoms with Gasteiger partial charge in [0.15, 0.2) is 11.0 Å². The number of anilines is 1. The molecule has 0 saturated carbocycles. The number of nitrogen functional groups attached to an aromatic ring is 1. The highest BCUT2D eigenvalue weighted by Gasteiger charge is 2.16. The number of aryl methyl sites for hydroxylation is 1. The highest BCUT2D eigenvalue weighted by Crippen LogP contribution is 2.30. The molecule has 3 rings (SSSR count). The number of carbonyl (C=O) groups is 1. The Bertz CT molecular complexity index is 926. The summed E-state index contributed by atoms with van der Waals surface area (Å²) in [4.78, 5) is 16.2. The molecule has 7 nitrogen and oxygen atoms in total. The van der Waals surface area contributed by atoms with Gasteiger partial charge in [0.25, 0.3) is 0 Å². The van der Waals surface area contributed by atoms with Crippen molar-refractivity contribution in [3.05, 3.63) is 39.3 Å². The van der Waals surface area contributed by atoms with Crippen molar-refractivity contribution in [3.8, 4) is 11.4 Å². The molecule has 0 aliphatic carbocycles. The number of nitrogens with zero attached hydrogens (tertiary/aromatic N) is 4. The number of hydrogen-bond acceptors (Lipinski definition) is 7. The van der Waals surface area contributed by atoms with Crippen molar-refractivity contribution in [3.63, 3.8) is 0 Å². The Morgan fingerprint density at radius 1 is 1.40 bits per heavy atom. The van der Waals surface area contributed by atoms with Gasteiger partial charge in [-0.2, -0.15) is 0 Å².